The zero-order valence-electron chi connectivity index (χ0n) is 20.0. The first-order chi connectivity index (χ1) is 17.3. The van der Waals surface area contributed by atoms with E-state index in [2.05, 4.69) is 10.2 Å². The van der Waals surface area contributed by atoms with Gasteiger partial charge in [0.15, 0.2) is 0 Å². The number of carbonyl (C=O) groups excluding carboxylic acids is 2. The van der Waals surface area contributed by atoms with Gasteiger partial charge in [0.25, 0.3) is 5.91 Å². The van der Waals surface area contributed by atoms with Crippen molar-refractivity contribution in [3.8, 4) is 0 Å². The smallest absolute Gasteiger partial charge is 0.255 e. The number of carbonyl (C=O) groups is 2. The van der Waals surface area contributed by atoms with E-state index in [9.17, 15) is 14.7 Å². The number of rotatable bonds is 8. The molecule has 6 nitrogen and oxygen atoms in total. The first-order valence-electron chi connectivity index (χ1n) is 11.9. The molecule has 2 amide bonds. The Hall–Kier alpha value is -2.90. The van der Waals surface area contributed by atoms with Gasteiger partial charge in [-0.3, -0.25) is 14.5 Å². The topological polar surface area (TPSA) is 72.9 Å². The second-order valence-electron chi connectivity index (χ2n) is 9.09. The quantitative estimate of drug-likeness (QED) is 0.431. The second kappa shape index (κ2) is 11.9. The van der Waals surface area contributed by atoms with Gasteiger partial charge in [-0.25, -0.2) is 0 Å². The number of likely N-dealkylation sites (N-methyl/N-ethyl adjacent to an activating group) is 1. The number of halogens is 2. The summed E-state index contributed by atoms with van der Waals surface area (Å²) in [6.07, 6.45) is 0.689. The number of hydrogen-bond acceptors (Lipinski definition) is 4. The lowest BCUT2D eigenvalue weighted by molar-refractivity contribution is -0.131. The van der Waals surface area contributed by atoms with Crippen LogP contribution in [-0.2, 0) is 11.2 Å². The number of aliphatic hydroxyl groups excluding tert-OH is 1. The fourth-order valence-corrected chi connectivity index (χ4v) is 4.67. The third kappa shape index (κ3) is 6.65. The van der Waals surface area contributed by atoms with Crippen molar-refractivity contribution < 1.29 is 14.7 Å². The summed E-state index contributed by atoms with van der Waals surface area (Å²) in [4.78, 5) is 29.7. The summed E-state index contributed by atoms with van der Waals surface area (Å²) in [5, 5.41) is 13.5. The van der Waals surface area contributed by atoms with Gasteiger partial charge >= 0.3 is 0 Å². The Morgan fingerprint density at radius 1 is 1.06 bits per heavy atom. The SMILES string of the molecule is CN(C(=O)Cc1ccc(NC(=O)c2ccc(Cl)c(Cl)c2)cc1)[C@H](CN1CC[C@H](O)C1)c1ccccc1. The third-order valence-electron chi connectivity index (χ3n) is 6.47. The van der Waals surface area contributed by atoms with E-state index < -0.39 is 0 Å². The number of nitrogens with zero attached hydrogens (tertiary/aromatic N) is 2. The molecule has 1 saturated heterocycles. The van der Waals surface area contributed by atoms with Crippen LogP contribution in [-0.4, -0.2) is 59.5 Å². The minimum Gasteiger partial charge on any atom is -0.392 e. The van der Waals surface area contributed by atoms with Gasteiger partial charge in [-0.05, 0) is 47.9 Å². The number of amides is 2. The van der Waals surface area contributed by atoms with E-state index in [1.54, 1.807) is 29.2 Å². The Bertz CT molecular complexity index is 1200. The highest BCUT2D eigenvalue weighted by Gasteiger charge is 2.28. The van der Waals surface area contributed by atoms with Crippen molar-refractivity contribution in [1.29, 1.82) is 0 Å². The van der Waals surface area contributed by atoms with Gasteiger partial charge in [0.1, 0.15) is 0 Å². The number of benzene rings is 3. The predicted molar refractivity (Wildman–Crippen MR) is 144 cm³/mol. The fourth-order valence-electron chi connectivity index (χ4n) is 4.37. The summed E-state index contributed by atoms with van der Waals surface area (Å²) in [7, 11) is 1.83. The number of β-amino-alcohol motifs (C(OH)–C–C–N with tert-alkyl or cyclic N) is 1. The van der Waals surface area contributed by atoms with Crippen molar-refractivity contribution in [3.05, 3.63) is 99.5 Å². The number of likely N-dealkylation sites (tertiary alicyclic amines) is 1. The van der Waals surface area contributed by atoms with Gasteiger partial charge in [0.2, 0.25) is 5.91 Å². The number of nitrogens with one attached hydrogen (secondary N) is 1. The molecule has 1 heterocycles. The summed E-state index contributed by atoms with van der Waals surface area (Å²) in [6.45, 7) is 2.12. The molecule has 0 radical (unpaired) electrons. The molecule has 1 aliphatic rings. The highest BCUT2D eigenvalue weighted by molar-refractivity contribution is 6.42. The van der Waals surface area contributed by atoms with Gasteiger partial charge < -0.3 is 15.3 Å². The molecule has 36 heavy (non-hydrogen) atoms. The number of anilines is 1. The molecule has 1 fully saturated rings. The van der Waals surface area contributed by atoms with Crippen LogP contribution < -0.4 is 5.32 Å². The van der Waals surface area contributed by atoms with Crippen molar-refractivity contribution in [1.82, 2.24) is 9.80 Å². The molecular weight excluding hydrogens is 497 g/mol. The summed E-state index contributed by atoms with van der Waals surface area (Å²) in [6, 6.07) is 21.8. The predicted octanol–water partition coefficient (Wildman–Crippen LogP) is 5.05. The van der Waals surface area contributed by atoms with Gasteiger partial charge in [-0.2, -0.15) is 0 Å². The molecule has 8 heteroatoms. The Labute approximate surface area is 221 Å². The third-order valence-corrected chi connectivity index (χ3v) is 7.21. The first-order valence-corrected chi connectivity index (χ1v) is 12.6. The molecule has 3 aromatic rings. The summed E-state index contributed by atoms with van der Waals surface area (Å²) in [5.41, 5.74) is 2.94. The lowest BCUT2D eigenvalue weighted by Gasteiger charge is -2.32. The van der Waals surface area contributed by atoms with Crippen LogP contribution in [0.1, 0.15) is 33.9 Å². The van der Waals surface area contributed by atoms with Crippen LogP contribution in [0.15, 0.2) is 72.8 Å². The van der Waals surface area contributed by atoms with Crippen LogP contribution in [0.4, 0.5) is 5.69 Å². The van der Waals surface area contributed by atoms with Crippen molar-refractivity contribution in [2.75, 3.05) is 32.0 Å². The van der Waals surface area contributed by atoms with Crippen molar-refractivity contribution in [2.24, 2.45) is 0 Å². The van der Waals surface area contributed by atoms with Crippen molar-refractivity contribution in [3.63, 3.8) is 0 Å². The molecule has 0 saturated carbocycles. The average molecular weight is 526 g/mol. The number of aliphatic hydroxyl groups is 1. The molecule has 2 atom stereocenters. The molecule has 0 spiro atoms. The van der Waals surface area contributed by atoms with E-state index in [1.807, 2.05) is 49.5 Å². The molecule has 0 aromatic heterocycles. The molecule has 188 valence electrons. The summed E-state index contributed by atoms with van der Waals surface area (Å²) in [5.74, 6) is -0.300. The van der Waals surface area contributed by atoms with Gasteiger partial charge in [-0.1, -0.05) is 65.7 Å². The molecule has 0 bridgehead atoms. The lowest BCUT2D eigenvalue weighted by Crippen LogP contribution is -2.39. The van der Waals surface area contributed by atoms with Crippen LogP contribution in [0.5, 0.6) is 0 Å². The van der Waals surface area contributed by atoms with Crippen LogP contribution in [0, 0.1) is 0 Å². The fraction of sp³-hybridized carbons (Fsp3) is 0.286. The van der Waals surface area contributed by atoms with Gasteiger partial charge in [0.05, 0.1) is 28.6 Å². The first kappa shape index (κ1) is 26.2. The maximum absolute atomic E-state index is 13.2. The maximum atomic E-state index is 13.2. The molecule has 0 aliphatic carbocycles. The van der Waals surface area contributed by atoms with E-state index in [-0.39, 0.29) is 30.4 Å². The highest BCUT2D eigenvalue weighted by Crippen LogP contribution is 2.25. The van der Waals surface area contributed by atoms with E-state index in [0.717, 1.165) is 24.1 Å². The van der Waals surface area contributed by atoms with E-state index in [0.29, 0.717) is 34.4 Å². The standard InChI is InChI=1S/C28H29Cl2N3O3/c1-32(26(20-5-3-2-4-6-20)18-33-14-13-23(34)17-33)27(35)15-19-7-10-22(11-8-19)31-28(36)21-9-12-24(29)25(30)16-21/h2-12,16,23,26,34H,13-15,17-18H2,1H3,(H,31,36)/t23-,26+/m0/s1. The molecule has 2 N–H and O–H groups in total. The highest BCUT2D eigenvalue weighted by atomic mass is 35.5. The second-order valence-corrected chi connectivity index (χ2v) is 9.90. The monoisotopic (exact) mass is 525 g/mol. The maximum Gasteiger partial charge on any atom is 0.255 e. The minimum atomic E-state index is -0.307. The normalized spacial score (nSPS) is 16.5. The molecule has 1 aliphatic heterocycles. The van der Waals surface area contributed by atoms with Gasteiger partial charge in [0, 0.05) is 37.9 Å². The van der Waals surface area contributed by atoms with Gasteiger partial charge in [-0.15, -0.1) is 0 Å². The largest absolute Gasteiger partial charge is 0.392 e. The van der Waals surface area contributed by atoms with Crippen molar-refractivity contribution in [2.45, 2.75) is 25.0 Å². The summed E-state index contributed by atoms with van der Waals surface area (Å²) < 4.78 is 0. The average Bonchev–Trinajstić information content (AvgIpc) is 3.30. The van der Waals surface area contributed by atoms with E-state index in [1.165, 1.54) is 6.07 Å². The Morgan fingerprint density at radius 3 is 2.42 bits per heavy atom. The van der Waals surface area contributed by atoms with Crippen LogP contribution >= 0.6 is 23.2 Å². The van der Waals surface area contributed by atoms with Crippen LogP contribution in [0.2, 0.25) is 10.0 Å². The van der Waals surface area contributed by atoms with E-state index in [4.69, 9.17) is 23.2 Å². The van der Waals surface area contributed by atoms with E-state index >= 15 is 0 Å². The molecule has 0 unspecified atom stereocenters. The molecular formula is C28H29Cl2N3O3. The Morgan fingerprint density at radius 2 is 1.78 bits per heavy atom. The summed E-state index contributed by atoms with van der Waals surface area (Å²) >= 11 is 11.9. The zero-order valence-corrected chi connectivity index (χ0v) is 21.5. The molecule has 3 aromatic carbocycles. The minimum absolute atomic E-state index is 0.00353. The van der Waals surface area contributed by atoms with Crippen molar-refractivity contribution >= 4 is 40.7 Å². The number of hydrogen-bond donors (Lipinski definition) is 2. The Kier molecular flexibility index (Phi) is 8.64. The Balaban J connectivity index is 1.40. The lowest BCUT2D eigenvalue weighted by atomic mass is 10.0. The zero-order chi connectivity index (χ0) is 25.7. The van der Waals surface area contributed by atoms with Crippen LogP contribution in [0.3, 0.4) is 0 Å². The van der Waals surface area contributed by atoms with Crippen LogP contribution in [0.25, 0.3) is 0 Å². The molecule has 4 rings (SSSR count).